The van der Waals surface area contributed by atoms with Gasteiger partial charge in [0.05, 0.1) is 5.92 Å². The molecule has 0 spiro atoms. The summed E-state index contributed by atoms with van der Waals surface area (Å²) >= 11 is 0. The van der Waals surface area contributed by atoms with Crippen molar-refractivity contribution < 1.29 is 22.8 Å². The summed E-state index contributed by atoms with van der Waals surface area (Å²) < 4.78 is 37.3. The van der Waals surface area contributed by atoms with Crippen LogP contribution < -0.4 is 0 Å². The number of amides is 1. The Morgan fingerprint density at radius 2 is 2.00 bits per heavy atom. The number of rotatable bonds is 0. The van der Waals surface area contributed by atoms with Crippen molar-refractivity contribution in [3.8, 4) is 0 Å². The van der Waals surface area contributed by atoms with Crippen molar-refractivity contribution >= 4 is 11.7 Å². The van der Waals surface area contributed by atoms with E-state index in [1.54, 1.807) is 6.08 Å². The summed E-state index contributed by atoms with van der Waals surface area (Å²) in [7, 11) is 0. The Morgan fingerprint density at radius 3 is 2.60 bits per heavy atom. The second kappa shape index (κ2) is 2.95. The molecule has 0 aromatic carbocycles. The average molecular weight is 217 g/mol. The van der Waals surface area contributed by atoms with Crippen LogP contribution in [0.2, 0.25) is 0 Å². The highest BCUT2D eigenvalue weighted by molar-refractivity contribution is 6.40. The summed E-state index contributed by atoms with van der Waals surface area (Å²) in [6, 6.07) is 0. The second-order valence-corrected chi connectivity index (χ2v) is 3.28. The topological polar surface area (TPSA) is 37.4 Å². The van der Waals surface area contributed by atoms with Gasteiger partial charge in [-0.15, -0.1) is 13.2 Å². The quantitative estimate of drug-likeness (QED) is 0.454. The molecule has 1 aliphatic heterocycles. The molecule has 1 aliphatic carbocycles. The van der Waals surface area contributed by atoms with E-state index >= 15 is 0 Å². The number of alkyl halides is 3. The van der Waals surface area contributed by atoms with Crippen LogP contribution in [0.4, 0.5) is 13.2 Å². The number of fused-ring (bicyclic) bond motifs is 1. The lowest BCUT2D eigenvalue weighted by atomic mass is 9.96. The van der Waals surface area contributed by atoms with E-state index in [1.807, 2.05) is 0 Å². The number of hydrogen-bond donors (Lipinski definition) is 0. The Bertz CT molecular complexity index is 395. The third-order valence-electron chi connectivity index (χ3n) is 2.37. The van der Waals surface area contributed by atoms with Crippen molar-refractivity contribution in [2.45, 2.75) is 12.7 Å². The van der Waals surface area contributed by atoms with E-state index in [2.05, 4.69) is 0 Å². The fraction of sp³-hybridized carbons (Fsp3) is 0.333. The Labute approximate surface area is 82.8 Å². The molecule has 0 N–H and O–H groups in total. The molecule has 80 valence electrons. The van der Waals surface area contributed by atoms with Gasteiger partial charge in [-0.2, -0.15) is 0 Å². The van der Waals surface area contributed by atoms with Gasteiger partial charge >= 0.3 is 12.2 Å². The average Bonchev–Trinajstić information content (AvgIpc) is 2.39. The van der Waals surface area contributed by atoms with Gasteiger partial charge in [-0.25, -0.2) is 4.90 Å². The molecule has 0 saturated carbocycles. The van der Waals surface area contributed by atoms with Gasteiger partial charge in [-0.05, 0) is 12.5 Å². The summed E-state index contributed by atoms with van der Waals surface area (Å²) in [5.74, 6) is -3.42. The van der Waals surface area contributed by atoms with E-state index in [-0.39, 0.29) is 17.0 Å². The van der Waals surface area contributed by atoms with Crippen molar-refractivity contribution in [2.75, 3.05) is 0 Å². The molecule has 3 nitrogen and oxygen atoms in total. The van der Waals surface area contributed by atoms with E-state index in [9.17, 15) is 22.8 Å². The Kier molecular flexibility index (Phi) is 1.95. The maximum absolute atomic E-state index is 12.4. The molecular weight excluding hydrogens is 211 g/mol. The first-order chi connectivity index (χ1) is 6.93. The molecule has 1 unspecified atom stereocenters. The molecule has 0 radical (unpaired) electrons. The molecular formula is C9H6F3NO2. The minimum absolute atomic E-state index is 0.156. The van der Waals surface area contributed by atoms with Crippen molar-refractivity contribution in [1.29, 1.82) is 0 Å². The van der Waals surface area contributed by atoms with Gasteiger partial charge in [-0.1, -0.05) is 12.2 Å². The molecule has 15 heavy (non-hydrogen) atoms. The Morgan fingerprint density at radius 1 is 1.33 bits per heavy atom. The van der Waals surface area contributed by atoms with Crippen LogP contribution >= 0.6 is 0 Å². The number of Topliss-reactive ketones (excluding diaryl/α,β-unsaturated/α-hetero) is 1. The van der Waals surface area contributed by atoms with Crippen LogP contribution in [0, 0.1) is 5.92 Å². The fourth-order valence-electron chi connectivity index (χ4n) is 1.73. The zero-order valence-corrected chi connectivity index (χ0v) is 7.41. The molecule has 2 aliphatic rings. The standard InChI is InChI=1S/C9H6F3NO2/c10-9(11,12)13-6-4-2-1-3-5(6)7(14)8(13)15/h1-2,4-5H,3H2. The van der Waals surface area contributed by atoms with Crippen molar-refractivity contribution in [1.82, 2.24) is 4.90 Å². The summed E-state index contributed by atoms with van der Waals surface area (Å²) in [6.45, 7) is 0. The Balaban J connectivity index is 2.47. The summed E-state index contributed by atoms with van der Waals surface area (Å²) in [4.78, 5) is 22.0. The summed E-state index contributed by atoms with van der Waals surface area (Å²) in [6.07, 6.45) is -0.526. The first kappa shape index (κ1) is 9.95. The molecule has 0 aromatic heterocycles. The lowest BCUT2D eigenvalue weighted by Gasteiger charge is -2.22. The van der Waals surface area contributed by atoms with Crippen molar-refractivity contribution in [3.63, 3.8) is 0 Å². The van der Waals surface area contributed by atoms with Crippen LogP contribution in [0.25, 0.3) is 0 Å². The largest absolute Gasteiger partial charge is 0.491 e. The lowest BCUT2D eigenvalue weighted by molar-refractivity contribution is -0.226. The Hall–Kier alpha value is -1.59. The number of carbonyl (C=O) groups is 2. The lowest BCUT2D eigenvalue weighted by Crippen LogP contribution is -2.39. The predicted octanol–water partition coefficient (Wildman–Crippen LogP) is 1.38. The SMILES string of the molecule is O=C1C(=O)N(C(F)(F)F)C2=CC=CCC12. The summed E-state index contributed by atoms with van der Waals surface area (Å²) in [5.41, 5.74) is -0.264. The van der Waals surface area contributed by atoms with Gasteiger partial charge in [0.2, 0.25) is 5.78 Å². The highest BCUT2D eigenvalue weighted by Crippen LogP contribution is 2.38. The van der Waals surface area contributed by atoms with Crippen LogP contribution in [0.3, 0.4) is 0 Å². The second-order valence-electron chi connectivity index (χ2n) is 3.28. The number of ketones is 1. The first-order valence-electron chi connectivity index (χ1n) is 4.25. The highest BCUT2D eigenvalue weighted by Gasteiger charge is 2.54. The molecule has 1 heterocycles. The molecule has 2 rings (SSSR count). The summed E-state index contributed by atoms with van der Waals surface area (Å²) in [5, 5.41) is 0. The molecule has 6 heteroatoms. The predicted molar refractivity (Wildman–Crippen MR) is 43.2 cm³/mol. The number of halogens is 3. The van der Waals surface area contributed by atoms with Gasteiger partial charge in [-0.3, -0.25) is 9.59 Å². The highest BCUT2D eigenvalue weighted by atomic mass is 19.4. The third-order valence-corrected chi connectivity index (χ3v) is 2.37. The van der Waals surface area contributed by atoms with Crippen molar-refractivity contribution in [3.05, 3.63) is 23.9 Å². The number of allylic oxidation sites excluding steroid dienone is 4. The van der Waals surface area contributed by atoms with Crippen LogP contribution in [0.5, 0.6) is 0 Å². The van der Waals surface area contributed by atoms with E-state index in [0.717, 1.165) is 6.08 Å². The smallest absolute Gasteiger partial charge is 0.288 e. The van der Waals surface area contributed by atoms with E-state index in [4.69, 9.17) is 0 Å². The monoisotopic (exact) mass is 217 g/mol. The van der Waals surface area contributed by atoms with Gasteiger partial charge in [0, 0.05) is 5.70 Å². The minimum atomic E-state index is -4.82. The molecule has 0 bridgehead atoms. The number of likely N-dealkylation sites (tertiary alicyclic amines) is 1. The first-order valence-corrected chi connectivity index (χ1v) is 4.25. The van der Waals surface area contributed by atoms with Gasteiger partial charge in [0.1, 0.15) is 0 Å². The van der Waals surface area contributed by atoms with Crippen LogP contribution in [-0.4, -0.2) is 22.9 Å². The number of nitrogens with zero attached hydrogens (tertiary/aromatic N) is 1. The fourth-order valence-corrected chi connectivity index (χ4v) is 1.73. The van der Waals surface area contributed by atoms with Gasteiger partial charge in [0.25, 0.3) is 0 Å². The minimum Gasteiger partial charge on any atom is -0.288 e. The zero-order valence-electron chi connectivity index (χ0n) is 7.41. The third kappa shape index (κ3) is 1.36. The van der Waals surface area contributed by atoms with Crippen molar-refractivity contribution in [2.24, 2.45) is 5.92 Å². The number of carbonyl (C=O) groups excluding carboxylic acids is 2. The van der Waals surface area contributed by atoms with Crippen LogP contribution in [-0.2, 0) is 9.59 Å². The molecule has 1 saturated heterocycles. The van der Waals surface area contributed by atoms with E-state index < -0.39 is 23.9 Å². The van der Waals surface area contributed by atoms with E-state index in [1.165, 1.54) is 6.08 Å². The van der Waals surface area contributed by atoms with Crippen LogP contribution in [0.15, 0.2) is 23.9 Å². The van der Waals surface area contributed by atoms with Gasteiger partial charge < -0.3 is 0 Å². The molecule has 1 fully saturated rings. The maximum Gasteiger partial charge on any atom is 0.491 e. The number of hydrogen-bond acceptors (Lipinski definition) is 2. The molecule has 1 amide bonds. The van der Waals surface area contributed by atoms with Crippen LogP contribution in [0.1, 0.15) is 6.42 Å². The normalized spacial score (nSPS) is 25.7. The zero-order chi connectivity index (χ0) is 11.2. The molecule has 0 aromatic rings. The molecule has 1 atom stereocenters. The van der Waals surface area contributed by atoms with E-state index in [0.29, 0.717) is 0 Å². The maximum atomic E-state index is 12.4. The van der Waals surface area contributed by atoms with Gasteiger partial charge in [0.15, 0.2) is 0 Å².